The molecule has 0 saturated heterocycles. The summed E-state index contributed by atoms with van der Waals surface area (Å²) in [5.41, 5.74) is 1.68. The Balaban J connectivity index is 2.00. The number of hydrogen-bond donors (Lipinski definition) is 1. The summed E-state index contributed by atoms with van der Waals surface area (Å²) in [5.74, 6) is -0.270. The first-order valence-electron chi connectivity index (χ1n) is 7.03. The second-order valence-electron chi connectivity index (χ2n) is 5.66. The highest BCUT2D eigenvalue weighted by atomic mass is 16.5. The number of fused-ring (bicyclic) bond motifs is 4. The van der Waals surface area contributed by atoms with Gasteiger partial charge in [0.1, 0.15) is 0 Å². The quantitative estimate of drug-likeness (QED) is 0.440. The average molecular weight is 271 g/mol. The van der Waals surface area contributed by atoms with Gasteiger partial charge in [-0.1, -0.05) is 12.1 Å². The minimum absolute atomic E-state index is 0.108. The van der Waals surface area contributed by atoms with Crippen LogP contribution in [0, 0.1) is 5.21 Å². The number of hydroxylamine groups is 2. The van der Waals surface area contributed by atoms with Crippen molar-refractivity contribution in [1.82, 2.24) is 0 Å². The molecule has 102 valence electrons. The van der Waals surface area contributed by atoms with E-state index in [1.165, 1.54) is 4.74 Å². The molecular formula is C15H15N2O3+. The highest BCUT2D eigenvalue weighted by molar-refractivity contribution is 6.75. The molecule has 0 bridgehead atoms. The van der Waals surface area contributed by atoms with Crippen LogP contribution in [-0.4, -0.2) is 44.0 Å². The normalized spacial score (nSPS) is 28.3. The highest BCUT2D eigenvalue weighted by Gasteiger charge is 2.56. The van der Waals surface area contributed by atoms with E-state index in [2.05, 4.69) is 0 Å². The summed E-state index contributed by atoms with van der Waals surface area (Å²) >= 11 is 0. The van der Waals surface area contributed by atoms with Crippen LogP contribution in [0.15, 0.2) is 24.3 Å². The molecule has 0 unspecified atom stereocenters. The Kier molecular flexibility index (Phi) is 2.28. The van der Waals surface area contributed by atoms with Crippen molar-refractivity contribution in [3.63, 3.8) is 0 Å². The van der Waals surface area contributed by atoms with Crippen molar-refractivity contribution < 1.29 is 19.5 Å². The highest BCUT2D eigenvalue weighted by Crippen LogP contribution is 2.30. The van der Waals surface area contributed by atoms with Gasteiger partial charge in [0.2, 0.25) is 6.04 Å². The van der Waals surface area contributed by atoms with Crippen molar-refractivity contribution >= 4 is 17.2 Å². The molecule has 0 aromatic heterocycles. The number of nitrogens with zero attached hydrogens (tertiary/aromatic N) is 2. The van der Waals surface area contributed by atoms with E-state index < -0.39 is 0 Å². The van der Waals surface area contributed by atoms with Crippen LogP contribution in [0.1, 0.15) is 41.6 Å². The molecule has 2 aliphatic carbocycles. The molecule has 20 heavy (non-hydrogen) atoms. The van der Waals surface area contributed by atoms with Crippen LogP contribution in [0.2, 0.25) is 0 Å². The number of carbonyl (C=O) groups excluding carboxylic acids is 1. The van der Waals surface area contributed by atoms with E-state index >= 15 is 0 Å². The average Bonchev–Trinajstić information content (AvgIpc) is 2.79. The molecule has 4 rings (SSSR count). The molecule has 1 N–H and O–H groups in total. The first-order valence-corrected chi connectivity index (χ1v) is 7.03. The molecule has 1 fully saturated rings. The molecule has 5 nitrogen and oxygen atoms in total. The minimum atomic E-state index is -0.314. The van der Waals surface area contributed by atoms with Gasteiger partial charge in [0.25, 0.3) is 11.8 Å². The number of ketones is 1. The van der Waals surface area contributed by atoms with Crippen molar-refractivity contribution in [3.05, 3.63) is 40.6 Å². The van der Waals surface area contributed by atoms with Gasteiger partial charge in [0, 0.05) is 18.4 Å². The Bertz CT molecular complexity index is 690. The van der Waals surface area contributed by atoms with Gasteiger partial charge in [0.05, 0.1) is 5.56 Å². The Morgan fingerprint density at radius 1 is 1.05 bits per heavy atom. The number of hydrogen-bond acceptors (Lipinski definition) is 3. The zero-order chi connectivity index (χ0) is 13.9. The summed E-state index contributed by atoms with van der Waals surface area (Å²) < 4.78 is 2.03. The summed E-state index contributed by atoms with van der Waals surface area (Å²) in [6, 6.07) is 6.57. The van der Waals surface area contributed by atoms with Crippen LogP contribution in [0.25, 0.3) is 0 Å². The van der Waals surface area contributed by atoms with Crippen LogP contribution < -0.4 is 0 Å². The van der Waals surface area contributed by atoms with E-state index in [1.807, 2.05) is 6.07 Å². The molecular weight excluding hydrogens is 256 g/mol. The largest absolute Gasteiger partial charge is 0.623 e. The molecule has 1 aromatic carbocycles. The molecule has 0 amide bonds. The molecule has 1 heterocycles. The molecule has 3 aliphatic rings. The van der Waals surface area contributed by atoms with Crippen LogP contribution in [0.3, 0.4) is 0 Å². The molecule has 0 radical (unpaired) electrons. The summed E-state index contributed by atoms with van der Waals surface area (Å²) in [6.07, 6.45) is 3.49. The second-order valence-corrected chi connectivity index (χ2v) is 5.66. The van der Waals surface area contributed by atoms with Gasteiger partial charge in [-0.25, -0.2) is 0 Å². The molecule has 2 atom stereocenters. The SMILES string of the molecule is O=C1C2=[N+]([O-])[C@H]3CCCC[C@@H]3[N+](O)=C2c2ccccc21. The zero-order valence-corrected chi connectivity index (χ0v) is 11.0. The second kappa shape index (κ2) is 3.91. The van der Waals surface area contributed by atoms with Crippen molar-refractivity contribution in [2.75, 3.05) is 0 Å². The zero-order valence-electron chi connectivity index (χ0n) is 11.0. The van der Waals surface area contributed by atoms with E-state index in [4.69, 9.17) is 0 Å². The fourth-order valence-electron chi connectivity index (χ4n) is 3.67. The van der Waals surface area contributed by atoms with E-state index in [1.54, 1.807) is 18.2 Å². The van der Waals surface area contributed by atoms with Gasteiger partial charge in [-0.2, -0.15) is 4.74 Å². The lowest BCUT2D eigenvalue weighted by atomic mass is 9.89. The fraction of sp³-hybridized carbons (Fsp3) is 0.400. The summed E-state index contributed by atoms with van der Waals surface area (Å²) in [4.78, 5) is 12.4. The maximum absolute atomic E-state index is 12.6. The Morgan fingerprint density at radius 2 is 1.70 bits per heavy atom. The number of rotatable bonds is 0. The molecule has 1 aliphatic heterocycles. The summed E-state index contributed by atoms with van der Waals surface area (Å²) in [6.45, 7) is 0. The topological polar surface area (TPSA) is 66.4 Å². The van der Waals surface area contributed by atoms with Gasteiger partial charge in [-0.15, -0.1) is 0 Å². The van der Waals surface area contributed by atoms with E-state index in [0.717, 1.165) is 30.4 Å². The van der Waals surface area contributed by atoms with E-state index in [9.17, 15) is 15.2 Å². The molecule has 0 spiro atoms. The Labute approximate surface area is 116 Å². The van der Waals surface area contributed by atoms with Crippen LogP contribution in [0.5, 0.6) is 0 Å². The van der Waals surface area contributed by atoms with Gasteiger partial charge < -0.3 is 5.21 Å². The van der Waals surface area contributed by atoms with Crippen molar-refractivity contribution in [1.29, 1.82) is 0 Å². The van der Waals surface area contributed by atoms with Gasteiger partial charge >= 0.3 is 11.4 Å². The summed E-state index contributed by atoms with van der Waals surface area (Å²) in [5, 5.41) is 23.1. The molecule has 5 heteroatoms. The van der Waals surface area contributed by atoms with Gasteiger partial charge in [0.15, 0.2) is 0 Å². The maximum Gasteiger partial charge on any atom is 0.336 e. The Hall–Kier alpha value is -2.17. The minimum Gasteiger partial charge on any atom is -0.623 e. The van der Waals surface area contributed by atoms with Crippen molar-refractivity contribution in [2.45, 2.75) is 37.8 Å². The van der Waals surface area contributed by atoms with Crippen LogP contribution in [-0.2, 0) is 0 Å². The summed E-state index contributed by atoms with van der Waals surface area (Å²) in [7, 11) is 0. The number of benzene rings is 1. The maximum atomic E-state index is 12.6. The third-order valence-corrected chi connectivity index (χ3v) is 4.62. The first kappa shape index (κ1) is 11.6. The lowest BCUT2D eigenvalue weighted by Crippen LogP contribution is -2.54. The van der Waals surface area contributed by atoms with Gasteiger partial charge in [-0.3, -0.25) is 10.0 Å². The van der Waals surface area contributed by atoms with Gasteiger partial charge in [-0.05, 0) is 29.7 Å². The third kappa shape index (κ3) is 1.30. The third-order valence-electron chi connectivity index (χ3n) is 4.62. The standard InChI is InChI=1S/C15H15N2O3/c18-15-10-6-2-1-5-9(10)13-14(15)17(20)12-8-4-3-7-11(12)16(13)19/h1-2,5-6,11-12,19H,3-4,7-8H2/q+1/t11-,12-/m0/s1. The lowest BCUT2D eigenvalue weighted by Gasteiger charge is -2.28. The molecule has 1 aromatic rings. The smallest absolute Gasteiger partial charge is 0.336 e. The predicted octanol–water partition coefficient (Wildman–Crippen LogP) is 1.35. The van der Waals surface area contributed by atoms with E-state index in [-0.39, 0.29) is 23.6 Å². The van der Waals surface area contributed by atoms with Crippen LogP contribution >= 0.6 is 0 Å². The first-order chi connectivity index (χ1) is 9.70. The van der Waals surface area contributed by atoms with Crippen molar-refractivity contribution in [2.24, 2.45) is 0 Å². The van der Waals surface area contributed by atoms with E-state index in [0.29, 0.717) is 16.8 Å². The monoisotopic (exact) mass is 271 g/mol. The predicted molar refractivity (Wildman–Crippen MR) is 71.6 cm³/mol. The van der Waals surface area contributed by atoms with Crippen molar-refractivity contribution in [3.8, 4) is 0 Å². The molecule has 1 saturated carbocycles. The number of carbonyl (C=O) groups is 1. The lowest BCUT2D eigenvalue weighted by molar-refractivity contribution is -0.822. The van der Waals surface area contributed by atoms with Crippen LogP contribution in [0.4, 0.5) is 0 Å². The fourth-order valence-corrected chi connectivity index (χ4v) is 3.67. The Morgan fingerprint density at radius 3 is 2.45 bits per heavy atom. The number of Topliss-reactive ketones (excluding diaryl/α,β-unsaturated/α-hetero) is 1.